The summed E-state index contributed by atoms with van der Waals surface area (Å²) in [4.78, 5) is 18.6. The summed E-state index contributed by atoms with van der Waals surface area (Å²) in [5.41, 5.74) is 4.39. The molecule has 24 heavy (non-hydrogen) atoms. The Morgan fingerprint density at radius 3 is 2.75 bits per heavy atom. The fourth-order valence-corrected chi connectivity index (χ4v) is 3.54. The van der Waals surface area contributed by atoms with E-state index in [1.165, 1.54) is 4.88 Å². The van der Waals surface area contributed by atoms with Gasteiger partial charge in [-0.2, -0.15) is 5.10 Å². The van der Waals surface area contributed by atoms with Crippen molar-refractivity contribution in [3.05, 3.63) is 46.7 Å². The Morgan fingerprint density at radius 1 is 1.29 bits per heavy atom. The number of thiophene rings is 1. The number of aryl methyl sites for hydroxylation is 3. The summed E-state index contributed by atoms with van der Waals surface area (Å²) in [7, 11) is 1.84. The topological polar surface area (TPSA) is 57.0 Å². The number of carbonyl (C=O) groups is 1. The van der Waals surface area contributed by atoms with Crippen molar-refractivity contribution in [1.82, 2.24) is 14.8 Å². The molecule has 0 saturated carbocycles. The van der Waals surface area contributed by atoms with Crippen molar-refractivity contribution in [3.8, 4) is 21.7 Å². The lowest BCUT2D eigenvalue weighted by Gasteiger charge is -1.99. The molecule has 6 heteroatoms. The van der Waals surface area contributed by atoms with E-state index in [1.54, 1.807) is 29.0 Å². The quantitative estimate of drug-likeness (QED) is 0.673. The largest absolute Gasteiger partial charge is 0.461 e. The number of nitrogens with zero attached hydrogens (tertiary/aromatic N) is 3. The highest BCUT2D eigenvalue weighted by Crippen LogP contribution is 2.36. The fraction of sp³-hybridized carbons (Fsp3) is 0.278. The first-order chi connectivity index (χ1) is 11.5. The summed E-state index contributed by atoms with van der Waals surface area (Å²) in [6.07, 6.45) is 1.89. The van der Waals surface area contributed by atoms with E-state index in [2.05, 4.69) is 29.1 Å². The zero-order valence-corrected chi connectivity index (χ0v) is 15.0. The Hall–Kier alpha value is -2.47. The van der Waals surface area contributed by atoms with Crippen LogP contribution in [0.25, 0.3) is 21.7 Å². The number of hydrogen-bond acceptors (Lipinski definition) is 5. The summed E-state index contributed by atoms with van der Waals surface area (Å²) in [5.74, 6) is -0.393. The van der Waals surface area contributed by atoms with Crippen molar-refractivity contribution in [2.45, 2.75) is 20.8 Å². The van der Waals surface area contributed by atoms with Crippen LogP contribution in [0.1, 0.15) is 28.0 Å². The number of ether oxygens (including phenoxy) is 1. The second kappa shape index (κ2) is 6.57. The molecule has 0 aliphatic heterocycles. The molecule has 0 aromatic carbocycles. The van der Waals surface area contributed by atoms with Gasteiger partial charge in [0.15, 0.2) is 5.69 Å². The predicted octanol–water partition coefficient (Wildman–Crippen LogP) is 4.00. The lowest BCUT2D eigenvalue weighted by Crippen LogP contribution is -2.05. The number of carbonyl (C=O) groups excluding carboxylic acids is 1. The number of rotatable bonds is 4. The first-order valence-corrected chi connectivity index (χ1v) is 8.56. The molecular formula is C18H19N3O2S. The molecule has 0 radical (unpaired) electrons. The normalized spacial score (nSPS) is 10.8. The fourth-order valence-electron chi connectivity index (χ4n) is 2.52. The van der Waals surface area contributed by atoms with Crippen LogP contribution in [0.2, 0.25) is 0 Å². The third-order valence-electron chi connectivity index (χ3n) is 3.75. The van der Waals surface area contributed by atoms with Crippen molar-refractivity contribution in [3.63, 3.8) is 0 Å². The Labute approximate surface area is 144 Å². The average molecular weight is 341 g/mol. The van der Waals surface area contributed by atoms with Crippen molar-refractivity contribution in [2.24, 2.45) is 7.05 Å². The number of pyridine rings is 1. The zero-order valence-electron chi connectivity index (χ0n) is 14.2. The standard InChI is InChI=1S/C18H19N3O2S/c1-5-23-18(22)15-9-16(21(4)20-15)14-8-17(24-12(14)3)13-7-6-11(2)19-10-13/h6-10H,5H2,1-4H3. The van der Waals surface area contributed by atoms with E-state index in [9.17, 15) is 4.79 Å². The van der Waals surface area contributed by atoms with E-state index < -0.39 is 5.97 Å². The summed E-state index contributed by atoms with van der Waals surface area (Å²) < 4.78 is 6.75. The van der Waals surface area contributed by atoms with Crippen LogP contribution in [0.3, 0.4) is 0 Å². The molecule has 5 nitrogen and oxygen atoms in total. The van der Waals surface area contributed by atoms with E-state index in [4.69, 9.17) is 4.74 Å². The van der Waals surface area contributed by atoms with Crippen LogP contribution in [0.4, 0.5) is 0 Å². The monoisotopic (exact) mass is 341 g/mol. The van der Waals surface area contributed by atoms with Crippen molar-refractivity contribution in [1.29, 1.82) is 0 Å². The molecule has 0 atom stereocenters. The smallest absolute Gasteiger partial charge is 0.358 e. The van der Waals surface area contributed by atoms with E-state index in [1.807, 2.05) is 26.2 Å². The predicted molar refractivity (Wildman–Crippen MR) is 95.2 cm³/mol. The highest BCUT2D eigenvalue weighted by atomic mass is 32.1. The first kappa shape index (κ1) is 16.4. The molecule has 0 saturated heterocycles. The van der Waals surface area contributed by atoms with E-state index in [-0.39, 0.29) is 0 Å². The van der Waals surface area contributed by atoms with Gasteiger partial charge in [-0.25, -0.2) is 4.79 Å². The second-order valence-corrected chi connectivity index (χ2v) is 6.78. The molecule has 0 aliphatic rings. The van der Waals surface area contributed by atoms with Crippen LogP contribution >= 0.6 is 11.3 Å². The van der Waals surface area contributed by atoms with E-state index in [0.717, 1.165) is 27.4 Å². The minimum Gasteiger partial charge on any atom is -0.461 e. The van der Waals surface area contributed by atoms with Gasteiger partial charge in [-0.05, 0) is 39.0 Å². The van der Waals surface area contributed by atoms with E-state index >= 15 is 0 Å². The molecule has 3 aromatic heterocycles. The minimum absolute atomic E-state index is 0.332. The SMILES string of the molecule is CCOC(=O)c1cc(-c2cc(-c3ccc(C)nc3)sc2C)n(C)n1. The molecule has 3 rings (SSSR count). The Kier molecular flexibility index (Phi) is 4.49. The molecule has 0 bridgehead atoms. The maximum Gasteiger partial charge on any atom is 0.358 e. The first-order valence-electron chi connectivity index (χ1n) is 7.74. The van der Waals surface area contributed by atoms with Crippen LogP contribution in [-0.4, -0.2) is 27.3 Å². The van der Waals surface area contributed by atoms with Gasteiger partial charge in [-0.1, -0.05) is 6.07 Å². The van der Waals surface area contributed by atoms with Crippen LogP contribution in [0.5, 0.6) is 0 Å². The second-order valence-electron chi connectivity index (χ2n) is 5.53. The highest BCUT2D eigenvalue weighted by Gasteiger charge is 2.18. The maximum absolute atomic E-state index is 11.9. The van der Waals surface area contributed by atoms with Gasteiger partial charge in [0.2, 0.25) is 0 Å². The summed E-state index contributed by atoms with van der Waals surface area (Å²) in [6.45, 7) is 6.17. The average Bonchev–Trinajstić information content (AvgIpc) is 3.11. The third-order valence-corrected chi connectivity index (χ3v) is 4.85. The van der Waals surface area contributed by atoms with E-state index in [0.29, 0.717) is 12.3 Å². The lowest BCUT2D eigenvalue weighted by atomic mass is 10.1. The molecule has 0 unspecified atom stereocenters. The molecule has 3 heterocycles. The number of hydrogen-bond donors (Lipinski definition) is 0. The van der Waals surface area contributed by atoms with Gasteiger partial charge in [-0.15, -0.1) is 11.3 Å². The van der Waals surface area contributed by atoms with Crippen molar-refractivity contribution < 1.29 is 9.53 Å². The lowest BCUT2D eigenvalue weighted by molar-refractivity contribution is 0.0518. The zero-order chi connectivity index (χ0) is 17.3. The van der Waals surface area contributed by atoms with Gasteiger partial charge < -0.3 is 4.74 Å². The van der Waals surface area contributed by atoms with Gasteiger partial charge >= 0.3 is 5.97 Å². The Balaban J connectivity index is 1.99. The number of aromatic nitrogens is 3. The molecule has 124 valence electrons. The molecule has 0 amide bonds. The van der Waals surface area contributed by atoms with Gasteiger partial charge in [0.05, 0.1) is 12.3 Å². The number of esters is 1. The Bertz CT molecular complexity index is 878. The summed E-state index contributed by atoms with van der Waals surface area (Å²) in [5, 5.41) is 4.27. The van der Waals surface area contributed by atoms with Crippen molar-refractivity contribution >= 4 is 17.3 Å². The minimum atomic E-state index is -0.393. The van der Waals surface area contributed by atoms with Gasteiger partial charge in [0.1, 0.15) is 0 Å². The summed E-state index contributed by atoms with van der Waals surface area (Å²) >= 11 is 1.71. The summed E-state index contributed by atoms with van der Waals surface area (Å²) in [6, 6.07) is 7.99. The van der Waals surface area contributed by atoms with Crippen LogP contribution in [0.15, 0.2) is 30.5 Å². The van der Waals surface area contributed by atoms with Crippen LogP contribution in [-0.2, 0) is 11.8 Å². The van der Waals surface area contributed by atoms with Crippen LogP contribution in [0, 0.1) is 13.8 Å². The maximum atomic E-state index is 11.9. The molecular weight excluding hydrogens is 322 g/mol. The third kappa shape index (κ3) is 3.10. The molecule has 0 N–H and O–H groups in total. The van der Waals surface area contributed by atoms with Crippen molar-refractivity contribution in [2.75, 3.05) is 6.61 Å². The highest BCUT2D eigenvalue weighted by molar-refractivity contribution is 7.16. The van der Waals surface area contributed by atoms with Crippen LogP contribution < -0.4 is 0 Å². The molecule has 0 spiro atoms. The van der Waals surface area contributed by atoms with Gasteiger partial charge in [0.25, 0.3) is 0 Å². The molecule has 3 aromatic rings. The molecule has 0 fully saturated rings. The Morgan fingerprint density at radius 2 is 2.08 bits per heavy atom. The van der Waals surface area contributed by atoms with Gasteiger partial charge in [0, 0.05) is 39.8 Å². The molecule has 0 aliphatic carbocycles. The van der Waals surface area contributed by atoms with Gasteiger partial charge in [-0.3, -0.25) is 9.67 Å².